The highest BCUT2D eigenvalue weighted by atomic mass is 16.3. The molecule has 0 N–H and O–H groups in total. The fraction of sp³-hybridized carbons (Fsp3) is 0.0588. The second-order valence-electron chi connectivity index (χ2n) is 14.9. The maximum Gasteiger partial charge on any atom is 0.135 e. The van der Waals surface area contributed by atoms with Gasteiger partial charge in [-0.3, -0.25) is 0 Å². The first-order valence-corrected chi connectivity index (χ1v) is 18.4. The van der Waals surface area contributed by atoms with Gasteiger partial charge in [-0.25, -0.2) is 0 Å². The quantitative estimate of drug-likeness (QED) is 0.172. The molecule has 1 heterocycles. The molecule has 0 spiro atoms. The van der Waals surface area contributed by atoms with E-state index in [4.69, 9.17) is 4.42 Å². The average molecular weight is 678 g/mol. The number of hydrogen-bond donors (Lipinski definition) is 0. The van der Waals surface area contributed by atoms with Crippen molar-refractivity contribution in [1.29, 1.82) is 0 Å². The molecule has 0 atom stereocenters. The summed E-state index contributed by atoms with van der Waals surface area (Å²) in [5, 5.41) is 9.94. The van der Waals surface area contributed by atoms with E-state index < -0.39 is 0 Å². The molecule has 11 rings (SSSR count). The Balaban J connectivity index is 1.07. The molecule has 0 fully saturated rings. The number of benzene rings is 9. The van der Waals surface area contributed by atoms with E-state index >= 15 is 0 Å². The van der Waals surface area contributed by atoms with Crippen LogP contribution in [-0.4, -0.2) is 0 Å². The summed E-state index contributed by atoms with van der Waals surface area (Å²) >= 11 is 0. The van der Waals surface area contributed by atoms with Gasteiger partial charge in [0.2, 0.25) is 0 Å². The third-order valence-corrected chi connectivity index (χ3v) is 11.6. The van der Waals surface area contributed by atoms with Crippen molar-refractivity contribution < 1.29 is 4.42 Å². The molecule has 9 aromatic carbocycles. The number of nitrogens with zero attached hydrogens (tertiary/aromatic N) is 1. The molecule has 2 nitrogen and oxygen atoms in total. The summed E-state index contributed by atoms with van der Waals surface area (Å²) in [4.78, 5) is 2.43. The summed E-state index contributed by atoms with van der Waals surface area (Å²) in [7, 11) is 0. The van der Waals surface area contributed by atoms with Crippen LogP contribution in [0.25, 0.3) is 76.5 Å². The molecule has 2 heteroatoms. The normalized spacial score (nSPS) is 13.2. The highest BCUT2D eigenvalue weighted by molar-refractivity contribution is 6.20. The largest absolute Gasteiger partial charge is 0.456 e. The first kappa shape index (κ1) is 30.0. The van der Waals surface area contributed by atoms with Crippen LogP contribution < -0.4 is 4.90 Å². The molecule has 0 saturated heterocycles. The third kappa shape index (κ3) is 4.45. The Morgan fingerprint density at radius 1 is 0.434 bits per heavy atom. The van der Waals surface area contributed by atoms with Crippen molar-refractivity contribution in [3.63, 3.8) is 0 Å². The first-order chi connectivity index (χ1) is 26.0. The lowest BCUT2D eigenvalue weighted by Crippen LogP contribution is -2.16. The van der Waals surface area contributed by atoms with E-state index in [0.29, 0.717) is 0 Å². The van der Waals surface area contributed by atoms with Crippen LogP contribution in [0.1, 0.15) is 25.0 Å². The van der Waals surface area contributed by atoms with Crippen LogP contribution >= 0.6 is 0 Å². The monoisotopic (exact) mass is 677 g/mol. The first-order valence-electron chi connectivity index (χ1n) is 18.4. The molecule has 0 saturated carbocycles. The molecule has 0 aliphatic heterocycles. The van der Waals surface area contributed by atoms with E-state index in [-0.39, 0.29) is 5.41 Å². The van der Waals surface area contributed by atoms with Crippen LogP contribution in [0.4, 0.5) is 17.1 Å². The molecular formula is C51H35NO. The molecule has 0 unspecified atom stereocenters. The van der Waals surface area contributed by atoms with Crippen LogP contribution in [0.3, 0.4) is 0 Å². The van der Waals surface area contributed by atoms with Gasteiger partial charge in [0.05, 0.1) is 5.69 Å². The number of furan rings is 1. The van der Waals surface area contributed by atoms with Crippen LogP contribution in [0.2, 0.25) is 0 Å². The summed E-state index contributed by atoms with van der Waals surface area (Å²) in [6.45, 7) is 4.69. The van der Waals surface area contributed by atoms with Crippen LogP contribution in [0.5, 0.6) is 0 Å². The van der Waals surface area contributed by atoms with E-state index in [1.54, 1.807) is 0 Å². The molecular weight excluding hydrogens is 643 g/mol. The predicted octanol–water partition coefficient (Wildman–Crippen LogP) is 14.5. The van der Waals surface area contributed by atoms with Gasteiger partial charge in [-0.15, -0.1) is 0 Å². The third-order valence-electron chi connectivity index (χ3n) is 11.6. The van der Waals surface area contributed by atoms with Crippen LogP contribution in [0, 0.1) is 0 Å². The predicted molar refractivity (Wildman–Crippen MR) is 224 cm³/mol. The van der Waals surface area contributed by atoms with Gasteiger partial charge in [0, 0.05) is 33.1 Å². The fourth-order valence-corrected chi connectivity index (χ4v) is 9.02. The lowest BCUT2D eigenvalue weighted by atomic mass is 9.82. The van der Waals surface area contributed by atoms with Gasteiger partial charge in [-0.1, -0.05) is 141 Å². The SMILES string of the molecule is CC1(C)c2ccccc2-c2c(N(c3ccc(-c4ccc5c(ccc6ccc7ccccc7c65)c4)cc3)c3ccc4oc5ccccc5c4c3)cccc21. The zero-order chi connectivity index (χ0) is 35.3. The molecule has 0 bridgehead atoms. The van der Waals surface area contributed by atoms with Crippen LogP contribution in [-0.2, 0) is 5.41 Å². The molecule has 1 aliphatic carbocycles. The molecule has 250 valence electrons. The Hall–Kier alpha value is -6.64. The van der Waals surface area contributed by atoms with Crippen molar-refractivity contribution >= 4 is 71.3 Å². The van der Waals surface area contributed by atoms with Crippen molar-refractivity contribution in [2.45, 2.75) is 19.3 Å². The lowest BCUT2D eigenvalue weighted by molar-refractivity contribution is 0.660. The van der Waals surface area contributed by atoms with Crippen molar-refractivity contribution in [1.82, 2.24) is 0 Å². The van der Waals surface area contributed by atoms with Gasteiger partial charge < -0.3 is 9.32 Å². The van der Waals surface area contributed by atoms with Crippen molar-refractivity contribution in [3.8, 4) is 22.3 Å². The number of fused-ring (bicyclic) bond motifs is 11. The topological polar surface area (TPSA) is 16.4 Å². The van der Waals surface area contributed by atoms with Crippen molar-refractivity contribution in [2.75, 3.05) is 4.90 Å². The van der Waals surface area contributed by atoms with Gasteiger partial charge in [-0.2, -0.15) is 0 Å². The second-order valence-corrected chi connectivity index (χ2v) is 14.9. The standard InChI is InChI=1S/C51H35NO/c1-51(2)44-14-7-5-13-42(44)50-45(51)15-9-16-46(50)52(38-27-29-48-43(31-38)41-12-6-8-17-47(41)53-48)37-25-22-32(23-26-37)35-24-28-40-36(30-35)21-20-34-19-18-33-10-3-4-11-39(33)49(34)40/h3-31H,1-2H3. The van der Waals surface area contributed by atoms with Gasteiger partial charge in [0.1, 0.15) is 11.2 Å². The van der Waals surface area contributed by atoms with Gasteiger partial charge >= 0.3 is 0 Å². The Morgan fingerprint density at radius 2 is 1.09 bits per heavy atom. The summed E-state index contributed by atoms with van der Waals surface area (Å²) in [5.74, 6) is 0. The minimum Gasteiger partial charge on any atom is -0.456 e. The Morgan fingerprint density at radius 3 is 1.98 bits per heavy atom. The second kappa shape index (κ2) is 11.2. The molecule has 1 aromatic heterocycles. The summed E-state index contributed by atoms with van der Waals surface area (Å²) in [6, 6.07) is 64.3. The smallest absolute Gasteiger partial charge is 0.135 e. The van der Waals surface area contributed by atoms with E-state index in [2.05, 4.69) is 183 Å². The van der Waals surface area contributed by atoms with E-state index in [1.807, 2.05) is 12.1 Å². The molecule has 53 heavy (non-hydrogen) atoms. The van der Waals surface area contributed by atoms with Crippen LogP contribution in [0.15, 0.2) is 180 Å². The van der Waals surface area contributed by atoms with E-state index in [9.17, 15) is 0 Å². The van der Waals surface area contributed by atoms with Gasteiger partial charge in [-0.05, 0) is 109 Å². The van der Waals surface area contributed by atoms with E-state index in [0.717, 1.165) is 33.3 Å². The Bertz CT molecular complexity index is 3090. The maximum atomic E-state index is 6.27. The number of rotatable bonds is 4. The highest BCUT2D eigenvalue weighted by Crippen LogP contribution is 2.54. The van der Waals surface area contributed by atoms with Crippen molar-refractivity contribution in [2.24, 2.45) is 0 Å². The Labute approximate surface area is 308 Å². The zero-order valence-corrected chi connectivity index (χ0v) is 29.6. The number of anilines is 3. The maximum absolute atomic E-state index is 6.27. The average Bonchev–Trinajstić information content (AvgIpc) is 3.69. The zero-order valence-electron chi connectivity index (χ0n) is 29.6. The van der Waals surface area contributed by atoms with Crippen molar-refractivity contribution in [3.05, 3.63) is 187 Å². The minimum absolute atomic E-state index is 0.101. The fourth-order valence-electron chi connectivity index (χ4n) is 9.02. The molecule has 10 aromatic rings. The summed E-state index contributed by atoms with van der Waals surface area (Å²) < 4.78 is 6.27. The van der Waals surface area contributed by atoms with E-state index in [1.165, 1.54) is 71.4 Å². The molecule has 0 radical (unpaired) electrons. The Kier molecular flexibility index (Phi) is 6.33. The molecule has 1 aliphatic rings. The van der Waals surface area contributed by atoms with Gasteiger partial charge in [0.15, 0.2) is 0 Å². The summed E-state index contributed by atoms with van der Waals surface area (Å²) in [5.41, 5.74) is 12.8. The lowest BCUT2D eigenvalue weighted by Gasteiger charge is -2.29. The number of hydrogen-bond acceptors (Lipinski definition) is 2. The number of para-hydroxylation sites is 1. The highest BCUT2D eigenvalue weighted by Gasteiger charge is 2.37. The molecule has 0 amide bonds. The van der Waals surface area contributed by atoms with Gasteiger partial charge in [0.25, 0.3) is 0 Å². The summed E-state index contributed by atoms with van der Waals surface area (Å²) in [6.07, 6.45) is 0. The minimum atomic E-state index is -0.101.